The maximum absolute atomic E-state index is 11.4. The van der Waals surface area contributed by atoms with Crippen LogP contribution in [0.4, 0.5) is 5.69 Å². The highest BCUT2D eigenvalue weighted by atomic mass is 16.1. The smallest absolute Gasteiger partial charge is 0.224 e. The fraction of sp³-hybridized carbons (Fsp3) is 0.308. The van der Waals surface area contributed by atoms with Crippen LogP contribution in [0, 0.1) is 0 Å². The second kappa shape index (κ2) is 4.39. The van der Waals surface area contributed by atoms with Crippen molar-refractivity contribution in [2.75, 3.05) is 5.32 Å². The van der Waals surface area contributed by atoms with E-state index in [-0.39, 0.29) is 5.91 Å². The van der Waals surface area contributed by atoms with Gasteiger partial charge in [-0.15, -0.1) is 0 Å². The number of fused-ring (bicyclic) bond motifs is 1. The number of aryl methyl sites for hydroxylation is 1. The number of carbonyl (C=O) groups excluding carboxylic acids is 1. The first-order valence-corrected chi connectivity index (χ1v) is 5.55. The third-order valence-corrected chi connectivity index (χ3v) is 2.65. The molecule has 0 unspecified atom stereocenters. The van der Waals surface area contributed by atoms with E-state index >= 15 is 0 Å². The summed E-state index contributed by atoms with van der Waals surface area (Å²) >= 11 is 0. The largest absolute Gasteiger partial charge is 0.351 e. The second-order valence-electron chi connectivity index (χ2n) is 4.00. The summed E-state index contributed by atoms with van der Waals surface area (Å²) in [6, 6.07) is 8.01. The Bertz CT molecular complexity index is 514. The van der Waals surface area contributed by atoms with E-state index in [1.165, 1.54) is 5.52 Å². The van der Waals surface area contributed by atoms with Crippen molar-refractivity contribution in [2.24, 2.45) is 7.05 Å². The normalized spacial score (nSPS) is 10.6. The summed E-state index contributed by atoms with van der Waals surface area (Å²) in [7, 11) is 2.01. The van der Waals surface area contributed by atoms with E-state index in [1.54, 1.807) is 0 Å². The average molecular weight is 216 g/mol. The minimum Gasteiger partial charge on any atom is -0.351 e. The van der Waals surface area contributed by atoms with Gasteiger partial charge < -0.3 is 9.88 Å². The molecule has 0 fully saturated rings. The monoisotopic (exact) mass is 216 g/mol. The topological polar surface area (TPSA) is 34.0 Å². The van der Waals surface area contributed by atoms with Gasteiger partial charge in [0.1, 0.15) is 0 Å². The lowest BCUT2D eigenvalue weighted by molar-refractivity contribution is -0.116. The molecule has 1 amide bonds. The van der Waals surface area contributed by atoms with E-state index < -0.39 is 0 Å². The van der Waals surface area contributed by atoms with Crippen molar-refractivity contribution in [3.8, 4) is 0 Å². The summed E-state index contributed by atoms with van der Waals surface area (Å²) < 4.78 is 2.06. The molecule has 0 aliphatic rings. The first kappa shape index (κ1) is 10.7. The second-order valence-corrected chi connectivity index (χ2v) is 4.00. The lowest BCUT2D eigenvalue weighted by Gasteiger charge is -2.04. The molecule has 84 valence electrons. The molecule has 0 aliphatic carbocycles. The van der Waals surface area contributed by atoms with Gasteiger partial charge in [-0.1, -0.05) is 6.92 Å². The molecule has 0 radical (unpaired) electrons. The van der Waals surface area contributed by atoms with Crippen LogP contribution in [0.5, 0.6) is 0 Å². The maximum Gasteiger partial charge on any atom is 0.224 e. The molecule has 0 aliphatic heterocycles. The minimum absolute atomic E-state index is 0.0813. The molecule has 3 nitrogen and oxygen atoms in total. The molecule has 0 saturated carbocycles. The quantitative estimate of drug-likeness (QED) is 0.841. The lowest BCUT2D eigenvalue weighted by atomic mass is 10.2. The summed E-state index contributed by atoms with van der Waals surface area (Å²) in [5, 5.41) is 4.05. The van der Waals surface area contributed by atoms with Crippen LogP contribution in [0.15, 0.2) is 30.5 Å². The average Bonchev–Trinajstić information content (AvgIpc) is 2.60. The van der Waals surface area contributed by atoms with Crippen molar-refractivity contribution in [1.29, 1.82) is 0 Å². The molecular formula is C13H16N2O. The molecule has 1 aromatic carbocycles. The molecule has 1 aromatic heterocycles. The van der Waals surface area contributed by atoms with Crippen LogP contribution >= 0.6 is 0 Å². The minimum atomic E-state index is 0.0813. The predicted octanol–water partition coefficient (Wildman–Crippen LogP) is 2.92. The van der Waals surface area contributed by atoms with E-state index in [1.807, 2.05) is 44.4 Å². The summed E-state index contributed by atoms with van der Waals surface area (Å²) in [4.78, 5) is 11.4. The third-order valence-electron chi connectivity index (χ3n) is 2.65. The summed E-state index contributed by atoms with van der Waals surface area (Å²) in [6.45, 7) is 2.00. The van der Waals surface area contributed by atoms with Crippen molar-refractivity contribution >= 4 is 22.5 Å². The third kappa shape index (κ3) is 2.08. The Hall–Kier alpha value is -1.77. The van der Waals surface area contributed by atoms with Gasteiger partial charge in [0, 0.05) is 36.3 Å². The maximum atomic E-state index is 11.4. The molecule has 3 heteroatoms. The zero-order valence-electron chi connectivity index (χ0n) is 9.66. The molecule has 0 atom stereocenters. The van der Waals surface area contributed by atoms with Gasteiger partial charge in [0.2, 0.25) is 5.91 Å². The Kier molecular flexibility index (Phi) is 2.95. The number of nitrogens with one attached hydrogen (secondary N) is 1. The SMILES string of the molecule is CCCC(=O)Nc1ccc2c(ccn2C)c1. The highest BCUT2D eigenvalue weighted by Gasteiger charge is 2.02. The number of hydrogen-bond acceptors (Lipinski definition) is 1. The zero-order valence-corrected chi connectivity index (χ0v) is 9.66. The van der Waals surface area contributed by atoms with Gasteiger partial charge in [0.15, 0.2) is 0 Å². The van der Waals surface area contributed by atoms with Gasteiger partial charge in [-0.05, 0) is 30.7 Å². The fourth-order valence-electron chi connectivity index (χ4n) is 1.81. The van der Waals surface area contributed by atoms with Crippen LogP contribution in [0.2, 0.25) is 0 Å². The predicted molar refractivity (Wildman–Crippen MR) is 66.5 cm³/mol. The van der Waals surface area contributed by atoms with Crippen molar-refractivity contribution in [1.82, 2.24) is 4.57 Å². The zero-order chi connectivity index (χ0) is 11.5. The highest BCUT2D eigenvalue weighted by Crippen LogP contribution is 2.19. The van der Waals surface area contributed by atoms with E-state index in [2.05, 4.69) is 9.88 Å². The molecule has 0 spiro atoms. The van der Waals surface area contributed by atoms with Crippen molar-refractivity contribution < 1.29 is 4.79 Å². The number of hydrogen-bond donors (Lipinski definition) is 1. The molecule has 16 heavy (non-hydrogen) atoms. The molecule has 0 bridgehead atoms. The van der Waals surface area contributed by atoms with E-state index in [0.717, 1.165) is 17.5 Å². The van der Waals surface area contributed by atoms with Gasteiger partial charge in [0.25, 0.3) is 0 Å². The highest BCUT2D eigenvalue weighted by molar-refractivity contribution is 5.93. The molecule has 1 N–H and O–H groups in total. The standard InChI is InChI=1S/C13H16N2O/c1-3-4-13(16)14-11-5-6-12-10(9-11)7-8-15(12)2/h5-9H,3-4H2,1-2H3,(H,14,16). The van der Waals surface area contributed by atoms with Gasteiger partial charge >= 0.3 is 0 Å². The van der Waals surface area contributed by atoms with E-state index in [4.69, 9.17) is 0 Å². The summed E-state index contributed by atoms with van der Waals surface area (Å²) in [5.41, 5.74) is 2.05. The van der Waals surface area contributed by atoms with E-state index in [0.29, 0.717) is 6.42 Å². The summed E-state index contributed by atoms with van der Waals surface area (Å²) in [6.07, 6.45) is 3.47. The number of carbonyl (C=O) groups is 1. The van der Waals surface area contributed by atoms with Crippen molar-refractivity contribution in [2.45, 2.75) is 19.8 Å². The van der Waals surface area contributed by atoms with Crippen LogP contribution in [0.3, 0.4) is 0 Å². The van der Waals surface area contributed by atoms with Crippen LogP contribution in [0.25, 0.3) is 10.9 Å². The molecule has 2 aromatic rings. The lowest BCUT2D eigenvalue weighted by Crippen LogP contribution is -2.10. The number of benzene rings is 1. The molecule has 2 rings (SSSR count). The van der Waals surface area contributed by atoms with Crippen molar-refractivity contribution in [3.05, 3.63) is 30.5 Å². The van der Waals surface area contributed by atoms with Gasteiger partial charge in [-0.2, -0.15) is 0 Å². The Morgan fingerprint density at radius 3 is 2.94 bits per heavy atom. The molecular weight excluding hydrogens is 200 g/mol. The molecule has 0 saturated heterocycles. The first-order chi connectivity index (χ1) is 7.70. The van der Waals surface area contributed by atoms with Crippen LogP contribution in [-0.4, -0.2) is 10.5 Å². The van der Waals surface area contributed by atoms with Gasteiger partial charge in [0.05, 0.1) is 0 Å². The Labute approximate surface area is 95.1 Å². The van der Waals surface area contributed by atoms with Gasteiger partial charge in [-0.3, -0.25) is 4.79 Å². The number of amides is 1. The Balaban J connectivity index is 2.23. The van der Waals surface area contributed by atoms with Gasteiger partial charge in [-0.25, -0.2) is 0 Å². The first-order valence-electron chi connectivity index (χ1n) is 5.55. The van der Waals surface area contributed by atoms with E-state index in [9.17, 15) is 4.79 Å². The summed E-state index contributed by atoms with van der Waals surface area (Å²) in [5.74, 6) is 0.0813. The fourth-order valence-corrected chi connectivity index (χ4v) is 1.81. The molecule has 1 heterocycles. The van der Waals surface area contributed by atoms with Crippen molar-refractivity contribution in [3.63, 3.8) is 0 Å². The number of rotatable bonds is 3. The van der Waals surface area contributed by atoms with Crippen LogP contribution < -0.4 is 5.32 Å². The van der Waals surface area contributed by atoms with Crippen LogP contribution in [0.1, 0.15) is 19.8 Å². The number of nitrogens with zero attached hydrogens (tertiary/aromatic N) is 1. The van der Waals surface area contributed by atoms with Crippen LogP contribution in [-0.2, 0) is 11.8 Å². The number of anilines is 1. The number of aromatic nitrogens is 1. The Morgan fingerprint density at radius 1 is 1.38 bits per heavy atom. The Morgan fingerprint density at radius 2 is 2.19 bits per heavy atom.